The molecule has 0 radical (unpaired) electrons. The van der Waals surface area contributed by atoms with Crippen molar-refractivity contribution in [2.24, 2.45) is 17.8 Å². The molecule has 15 heavy (non-hydrogen) atoms. The standard InChI is InChI=1S/C12H21NO2/c1-8(14)4-3-7-13-12(15)11-9-5-2-6-10(9)11/h8-11,14H,2-7H2,1H3,(H,13,15). The van der Waals surface area contributed by atoms with Crippen molar-refractivity contribution in [1.82, 2.24) is 5.32 Å². The minimum absolute atomic E-state index is 0.248. The summed E-state index contributed by atoms with van der Waals surface area (Å²) in [6.07, 6.45) is 5.25. The van der Waals surface area contributed by atoms with Crippen molar-refractivity contribution in [2.75, 3.05) is 6.54 Å². The Morgan fingerprint density at radius 3 is 2.73 bits per heavy atom. The number of aliphatic hydroxyl groups excluding tert-OH is 1. The summed E-state index contributed by atoms with van der Waals surface area (Å²) in [5.41, 5.74) is 0. The number of nitrogens with one attached hydrogen (secondary N) is 1. The summed E-state index contributed by atoms with van der Waals surface area (Å²) in [5.74, 6) is 2.02. The molecule has 3 nitrogen and oxygen atoms in total. The van der Waals surface area contributed by atoms with Crippen molar-refractivity contribution in [3.05, 3.63) is 0 Å². The normalized spacial score (nSPS) is 34.7. The zero-order valence-corrected chi connectivity index (χ0v) is 9.41. The molecular weight excluding hydrogens is 190 g/mol. The van der Waals surface area contributed by atoms with Gasteiger partial charge in [0.25, 0.3) is 0 Å². The molecule has 0 bridgehead atoms. The van der Waals surface area contributed by atoms with Crippen LogP contribution in [0.25, 0.3) is 0 Å². The molecule has 0 aromatic rings. The van der Waals surface area contributed by atoms with Crippen molar-refractivity contribution in [3.63, 3.8) is 0 Å². The highest BCUT2D eigenvalue weighted by Crippen LogP contribution is 2.57. The van der Waals surface area contributed by atoms with Gasteiger partial charge in [0, 0.05) is 12.5 Å². The van der Waals surface area contributed by atoms with E-state index >= 15 is 0 Å². The number of amides is 1. The van der Waals surface area contributed by atoms with Gasteiger partial charge in [-0.15, -0.1) is 0 Å². The molecule has 86 valence electrons. The van der Waals surface area contributed by atoms with Gasteiger partial charge >= 0.3 is 0 Å². The molecule has 3 atom stereocenters. The molecule has 1 amide bonds. The van der Waals surface area contributed by atoms with Crippen LogP contribution in [0.3, 0.4) is 0 Å². The van der Waals surface area contributed by atoms with Crippen LogP contribution in [0.4, 0.5) is 0 Å². The lowest BCUT2D eigenvalue weighted by Crippen LogP contribution is -2.28. The molecule has 2 fully saturated rings. The van der Waals surface area contributed by atoms with Gasteiger partial charge < -0.3 is 10.4 Å². The Balaban J connectivity index is 1.58. The van der Waals surface area contributed by atoms with Gasteiger partial charge in [-0.25, -0.2) is 0 Å². The molecule has 2 saturated carbocycles. The Morgan fingerprint density at radius 1 is 1.47 bits per heavy atom. The molecule has 3 heteroatoms. The molecule has 2 aliphatic rings. The summed E-state index contributed by atoms with van der Waals surface area (Å²) in [4.78, 5) is 11.7. The molecule has 0 heterocycles. The van der Waals surface area contributed by atoms with Crippen LogP contribution < -0.4 is 5.32 Å². The third-order valence-electron chi connectivity index (χ3n) is 3.81. The fourth-order valence-corrected chi connectivity index (χ4v) is 2.94. The van der Waals surface area contributed by atoms with Crippen LogP contribution in [0.2, 0.25) is 0 Å². The first-order chi connectivity index (χ1) is 7.20. The Labute approximate surface area is 91.2 Å². The average molecular weight is 211 g/mol. The fraction of sp³-hybridized carbons (Fsp3) is 0.917. The predicted octanol–water partition coefficient (Wildman–Crippen LogP) is 1.31. The molecule has 2 N–H and O–H groups in total. The van der Waals surface area contributed by atoms with Crippen molar-refractivity contribution >= 4 is 5.91 Å². The van der Waals surface area contributed by atoms with Gasteiger partial charge in [-0.05, 0) is 44.4 Å². The molecule has 0 aromatic heterocycles. The summed E-state index contributed by atoms with van der Waals surface area (Å²) in [5, 5.41) is 12.0. The average Bonchev–Trinajstić information content (AvgIpc) is 2.67. The maximum atomic E-state index is 11.7. The van der Waals surface area contributed by atoms with Crippen LogP contribution in [-0.2, 0) is 4.79 Å². The maximum absolute atomic E-state index is 11.7. The first-order valence-electron chi connectivity index (χ1n) is 6.16. The number of aliphatic hydroxyl groups is 1. The number of hydrogen-bond acceptors (Lipinski definition) is 2. The lowest BCUT2D eigenvalue weighted by Gasteiger charge is -2.07. The van der Waals surface area contributed by atoms with E-state index in [-0.39, 0.29) is 12.0 Å². The number of hydrogen-bond donors (Lipinski definition) is 2. The first kappa shape index (κ1) is 10.9. The predicted molar refractivity (Wildman–Crippen MR) is 58.2 cm³/mol. The van der Waals surface area contributed by atoms with Gasteiger partial charge in [0.2, 0.25) is 5.91 Å². The van der Waals surface area contributed by atoms with E-state index in [1.807, 2.05) is 0 Å². The summed E-state index contributed by atoms with van der Waals surface area (Å²) >= 11 is 0. The van der Waals surface area contributed by atoms with Crippen LogP contribution in [0.1, 0.15) is 39.0 Å². The summed E-state index contributed by atoms with van der Waals surface area (Å²) in [6.45, 7) is 2.51. The largest absolute Gasteiger partial charge is 0.393 e. The van der Waals surface area contributed by atoms with Crippen LogP contribution in [0.15, 0.2) is 0 Å². The van der Waals surface area contributed by atoms with Crippen LogP contribution in [0, 0.1) is 17.8 Å². The number of rotatable bonds is 5. The van der Waals surface area contributed by atoms with Crippen molar-refractivity contribution < 1.29 is 9.90 Å². The molecule has 0 aliphatic heterocycles. The SMILES string of the molecule is CC(O)CCCNC(=O)C1C2CCCC21. The van der Waals surface area contributed by atoms with Crippen LogP contribution >= 0.6 is 0 Å². The Kier molecular flexibility index (Phi) is 3.29. The molecule has 0 spiro atoms. The highest BCUT2D eigenvalue weighted by molar-refractivity contribution is 5.82. The zero-order valence-electron chi connectivity index (χ0n) is 9.41. The lowest BCUT2D eigenvalue weighted by atomic mass is 10.1. The molecule has 0 saturated heterocycles. The van der Waals surface area contributed by atoms with E-state index in [2.05, 4.69) is 5.32 Å². The van der Waals surface area contributed by atoms with Crippen LogP contribution in [0.5, 0.6) is 0 Å². The summed E-state index contributed by atoms with van der Waals surface area (Å²) < 4.78 is 0. The van der Waals surface area contributed by atoms with Crippen molar-refractivity contribution in [2.45, 2.75) is 45.1 Å². The van der Waals surface area contributed by atoms with Crippen molar-refractivity contribution in [3.8, 4) is 0 Å². The third-order valence-corrected chi connectivity index (χ3v) is 3.81. The fourth-order valence-electron chi connectivity index (χ4n) is 2.94. The van der Waals surface area contributed by atoms with Gasteiger partial charge in [0.15, 0.2) is 0 Å². The Hall–Kier alpha value is -0.570. The molecule has 3 unspecified atom stereocenters. The molecular formula is C12H21NO2. The Morgan fingerprint density at radius 2 is 2.13 bits per heavy atom. The highest BCUT2D eigenvalue weighted by Gasteiger charge is 2.56. The lowest BCUT2D eigenvalue weighted by molar-refractivity contribution is -0.123. The monoisotopic (exact) mass is 211 g/mol. The highest BCUT2D eigenvalue weighted by atomic mass is 16.3. The van der Waals surface area contributed by atoms with E-state index in [0.717, 1.165) is 19.4 Å². The van der Waals surface area contributed by atoms with Gasteiger partial charge in [-0.3, -0.25) is 4.79 Å². The second-order valence-corrected chi connectivity index (χ2v) is 5.07. The van der Waals surface area contributed by atoms with E-state index in [0.29, 0.717) is 17.8 Å². The van der Waals surface area contributed by atoms with E-state index < -0.39 is 0 Å². The number of carbonyl (C=O) groups excluding carboxylic acids is 1. The number of fused-ring (bicyclic) bond motifs is 1. The van der Waals surface area contributed by atoms with Crippen molar-refractivity contribution in [1.29, 1.82) is 0 Å². The molecule has 2 aliphatic carbocycles. The van der Waals surface area contributed by atoms with E-state index in [1.165, 1.54) is 19.3 Å². The molecule has 0 aromatic carbocycles. The summed E-state index contributed by atoms with van der Waals surface area (Å²) in [7, 11) is 0. The van der Waals surface area contributed by atoms with E-state index in [1.54, 1.807) is 6.92 Å². The molecule has 2 rings (SSSR count). The maximum Gasteiger partial charge on any atom is 0.223 e. The minimum atomic E-state index is -0.248. The smallest absolute Gasteiger partial charge is 0.223 e. The minimum Gasteiger partial charge on any atom is -0.393 e. The first-order valence-corrected chi connectivity index (χ1v) is 6.16. The topological polar surface area (TPSA) is 49.3 Å². The zero-order chi connectivity index (χ0) is 10.8. The van der Waals surface area contributed by atoms with E-state index in [9.17, 15) is 4.79 Å². The van der Waals surface area contributed by atoms with Gasteiger partial charge in [0.1, 0.15) is 0 Å². The number of carbonyl (C=O) groups is 1. The summed E-state index contributed by atoms with van der Waals surface area (Å²) in [6, 6.07) is 0. The van der Waals surface area contributed by atoms with E-state index in [4.69, 9.17) is 5.11 Å². The second-order valence-electron chi connectivity index (χ2n) is 5.07. The van der Waals surface area contributed by atoms with Gasteiger partial charge in [-0.2, -0.15) is 0 Å². The third kappa shape index (κ3) is 2.51. The Bertz CT molecular complexity index is 230. The van der Waals surface area contributed by atoms with Gasteiger partial charge in [0.05, 0.1) is 6.10 Å². The second kappa shape index (κ2) is 4.52. The quantitative estimate of drug-likeness (QED) is 0.674. The van der Waals surface area contributed by atoms with Gasteiger partial charge in [-0.1, -0.05) is 6.42 Å². The van der Waals surface area contributed by atoms with Crippen LogP contribution in [-0.4, -0.2) is 23.7 Å².